The van der Waals surface area contributed by atoms with Crippen molar-refractivity contribution in [2.24, 2.45) is 5.41 Å². The van der Waals surface area contributed by atoms with Crippen LogP contribution < -0.4 is 5.32 Å². The van der Waals surface area contributed by atoms with E-state index in [0.29, 0.717) is 12.0 Å². The summed E-state index contributed by atoms with van der Waals surface area (Å²) in [7, 11) is 0. The largest absolute Gasteiger partial charge is 0.396 e. The number of hydrogen-bond acceptors (Lipinski definition) is 2. The van der Waals surface area contributed by atoms with E-state index in [2.05, 4.69) is 26.1 Å². The molecule has 0 spiro atoms. The van der Waals surface area contributed by atoms with E-state index in [9.17, 15) is 0 Å². The van der Waals surface area contributed by atoms with E-state index in [1.807, 2.05) is 0 Å². The third-order valence-corrected chi connectivity index (χ3v) is 1.56. The zero-order valence-electron chi connectivity index (χ0n) is 7.98. The Morgan fingerprint density at radius 3 is 2.27 bits per heavy atom. The molecule has 0 heterocycles. The lowest BCUT2D eigenvalue weighted by Crippen LogP contribution is -2.22. The molecule has 68 valence electrons. The van der Waals surface area contributed by atoms with Gasteiger partial charge in [0.15, 0.2) is 0 Å². The van der Waals surface area contributed by atoms with Crippen LogP contribution in [0.15, 0.2) is 0 Å². The van der Waals surface area contributed by atoms with Crippen LogP contribution in [0.2, 0.25) is 0 Å². The van der Waals surface area contributed by atoms with Crippen molar-refractivity contribution < 1.29 is 5.11 Å². The monoisotopic (exact) mass is 159 g/mol. The third kappa shape index (κ3) is 9.92. The SMILES string of the molecule is CC(C)(C)CCNCCCO. The van der Waals surface area contributed by atoms with Crippen LogP contribution in [0.5, 0.6) is 0 Å². The molecule has 0 atom stereocenters. The Kier molecular flexibility index (Phi) is 5.51. The molecule has 0 aromatic rings. The highest BCUT2D eigenvalue weighted by Gasteiger charge is 2.08. The van der Waals surface area contributed by atoms with Gasteiger partial charge in [-0.1, -0.05) is 20.8 Å². The van der Waals surface area contributed by atoms with E-state index in [1.165, 1.54) is 6.42 Å². The number of aliphatic hydroxyl groups is 1. The highest BCUT2D eigenvalue weighted by atomic mass is 16.3. The van der Waals surface area contributed by atoms with E-state index >= 15 is 0 Å². The number of hydrogen-bond donors (Lipinski definition) is 2. The molecule has 0 aromatic heterocycles. The Bertz CT molecular complexity index is 86.1. The van der Waals surface area contributed by atoms with Crippen LogP contribution in [0.25, 0.3) is 0 Å². The summed E-state index contributed by atoms with van der Waals surface area (Å²) in [5.41, 5.74) is 0.423. The summed E-state index contributed by atoms with van der Waals surface area (Å²) in [4.78, 5) is 0. The van der Waals surface area contributed by atoms with Crippen molar-refractivity contribution in [3.63, 3.8) is 0 Å². The molecule has 0 aliphatic carbocycles. The lowest BCUT2D eigenvalue weighted by atomic mass is 9.92. The minimum Gasteiger partial charge on any atom is -0.396 e. The number of rotatable bonds is 5. The normalized spacial score (nSPS) is 12.0. The summed E-state index contributed by atoms with van der Waals surface area (Å²) in [6, 6.07) is 0. The second-order valence-electron chi connectivity index (χ2n) is 4.14. The number of aliphatic hydroxyl groups excluding tert-OH is 1. The fourth-order valence-corrected chi connectivity index (χ4v) is 0.792. The molecule has 0 aliphatic rings. The quantitative estimate of drug-likeness (QED) is 0.594. The van der Waals surface area contributed by atoms with Crippen LogP contribution in [0.1, 0.15) is 33.6 Å². The zero-order valence-corrected chi connectivity index (χ0v) is 7.98. The molecule has 2 N–H and O–H groups in total. The van der Waals surface area contributed by atoms with E-state index in [-0.39, 0.29) is 0 Å². The van der Waals surface area contributed by atoms with Gasteiger partial charge in [-0.25, -0.2) is 0 Å². The van der Waals surface area contributed by atoms with Crippen molar-refractivity contribution in [1.29, 1.82) is 0 Å². The van der Waals surface area contributed by atoms with Gasteiger partial charge < -0.3 is 10.4 Å². The molecule has 0 unspecified atom stereocenters. The topological polar surface area (TPSA) is 32.3 Å². The lowest BCUT2D eigenvalue weighted by molar-refractivity contribution is 0.283. The highest BCUT2D eigenvalue weighted by molar-refractivity contribution is 4.62. The second-order valence-corrected chi connectivity index (χ2v) is 4.14. The average molecular weight is 159 g/mol. The van der Waals surface area contributed by atoms with E-state index in [1.54, 1.807) is 0 Å². The first kappa shape index (κ1) is 10.9. The lowest BCUT2D eigenvalue weighted by Gasteiger charge is -2.17. The summed E-state index contributed by atoms with van der Waals surface area (Å²) >= 11 is 0. The zero-order chi connectivity index (χ0) is 8.74. The summed E-state index contributed by atoms with van der Waals surface area (Å²) in [5.74, 6) is 0. The molecule has 0 fully saturated rings. The molecule has 2 heteroatoms. The van der Waals surface area contributed by atoms with Crippen LogP contribution in [-0.2, 0) is 0 Å². The molecule has 0 aliphatic heterocycles. The van der Waals surface area contributed by atoms with Crippen molar-refractivity contribution in [2.75, 3.05) is 19.7 Å². The van der Waals surface area contributed by atoms with E-state index in [0.717, 1.165) is 19.5 Å². The van der Waals surface area contributed by atoms with E-state index < -0.39 is 0 Å². The maximum Gasteiger partial charge on any atom is 0.0443 e. The predicted molar refractivity (Wildman–Crippen MR) is 48.6 cm³/mol. The van der Waals surface area contributed by atoms with Gasteiger partial charge in [-0.15, -0.1) is 0 Å². The Labute approximate surface area is 70.0 Å². The molecule has 0 rings (SSSR count). The Morgan fingerprint density at radius 1 is 1.18 bits per heavy atom. The number of nitrogens with one attached hydrogen (secondary N) is 1. The predicted octanol–water partition coefficient (Wildman–Crippen LogP) is 1.39. The summed E-state index contributed by atoms with van der Waals surface area (Å²) in [6.45, 7) is 9.00. The molecule has 2 nitrogen and oxygen atoms in total. The fourth-order valence-electron chi connectivity index (χ4n) is 0.792. The molecule has 0 saturated carbocycles. The van der Waals surface area contributed by atoms with Gasteiger partial charge in [0, 0.05) is 6.61 Å². The third-order valence-electron chi connectivity index (χ3n) is 1.56. The molecule has 0 radical (unpaired) electrons. The van der Waals surface area contributed by atoms with Crippen molar-refractivity contribution in [1.82, 2.24) is 5.32 Å². The van der Waals surface area contributed by atoms with Crippen LogP contribution in [0, 0.1) is 5.41 Å². The van der Waals surface area contributed by atoms with Crippen LogP contribution in [-0.4, -0.2) is 24.8 Å². The molecule has 0 amide bonds. The molecule has 0 bridgehead atoms. The first-order chi connectivity index (χ1) is 5.06. The average Bonchev–Trinajstić information content (AvgIpc) is 1.85. The summed E-state index contributed by atoms with van der Waals surface area (Å²) in [6.07, 6.45) is 2.06. The van der Waals surface area contributed by atoms with Crippen molar-refractivity contribution in [3.8, 4) is 0 Å². The van der Waals surface area contributed by atoms with Gasteiger partial charge >= 0.3 is 0 Å². The first-order valence-corrected chi connectivity index (χ1v) is 4.38. The van der Waals surface area contributed by atoms with Gasteiger partial charge in [-0.3, -0.25) is 0 Å². The molecular weight excluding hydrogens is 138 g/mol. The van der Waals surface area contributed by atoms with Crippen molar-refractivity contribution in [2.45, 2.75) is 33.6 Å². The van der Waals surface area contributed by atoms with Gasteiger partial charge in [0.25, 0.3) is 0 Å². The minimum atomic E-state index is 0.294. The van der Waals surface area contributed by atoms with Gasteiger partial charge in [0.1, 0.15) is 0 Å². The molecule has 0 aromatic carbocycles. The minimum absolute atomic E-state index is 0.294. The maximum absolute atomic E-state index is 8.49. The fraction of sp³-hybridized carbons (Fsp3) is 1.00. The molecule has 0 saturated heterocycles. The maximum atomic E-state index is 8.49. The second kappa shape index (κ2) is 5.56. The standard InChI is InChI=1S/C9H21NO/c1-9(2,3)5-7-10-6-4-8-11/h10-11H,4-8H2,1-3H3. The molecule has 11 heavy (non-hydrogen) atoms. The first-order valence-electron chi connectivity index (χ1n) is 4.38. The van der Waals surface area contributed by atoms with Gasteiger partial charge in [-0.05, 0) is 31.3 Å². The summed E-state index contributed by atoms with van der Waals surface area (Å²) < 4.78 is 0. The highest BCUT2D eigenvalue weighted by Crippen LogP contribution is 2.16. The van der Waals surface area contributed by atoms with Crippen molar-refractivity contribution >= 4 is 0 Å². The van der Waals surface area contributed by atoms with Crippen LogP contribution in [0.4, 0.5) is 0 Å². The smallest absolute Gasteiger partial charge is 0.0443 e. The van der Waals surface area contributed by atoms with Crippen LogP contribution in [0.3, 0.4) is 0 Å². The van der Waals surface area contributed by atoms with Gasteiger partial charge in [0.2, 0.25) is 0 Å². The van der Waals surface area contributed by atoms with Crippen LogP contribution >= 0.6 is 0 Å². The Balaban J connectivity index is 3.02. The van der Waals surface area contributed by atoms with Gasteiger partial charge in [-0.2, -0.15) is 0 Å². The summed E-state index contributed by atoms with van der Waals surface area (Å²) in [5, 5.41) is 11.8. The Morgan fingerprint density at radius 2 is 1.82 bits per heavy atom. The Hall–Kier alpha value is -0.0800. The van der Waals surface area contributed by atoms with E-state index in [4.69, 9.17) is 5.11 Å². The van der Waals surface area contributed by atoms with Crippen molar-refractivity contribution in [3.05, 3.63) is 0 Å². The van der Waals surface area contributed by atoms with Gasteiger partial charge in [0.05, 0.1) is 0 Å². The molecular formula is C9H21NO.